The van der Waals surface area contributed by atoms with Crippen LogP contribution < -0.4 is 9.64 Å². The van der Waals surface area contributed by atoms with Gasteiger partial charge in [-0.2, -0.15) is 0 Å². The molecule has 7 nitrogen and oxygen atoms in total. The van der Waals surface area contributed by atoms with Gasteiger partial charge in [-0.3, -0.25) is 4.90 Å². The first-order valence-corrected chi connectivity index (χ1v) is 8.53. The summed E-state index contributed by atoms with van der Waals surface area (Å²) >= 11 is 0. The van der Waals surface area contributed by atoms with Crippen LogP contribution >= 0.6 is 0 Å². The predicted octanol–water partition coefficient (Wildman–Crippen LogP) is 2.84. The molecule has 1 aliphatic carbocycles. The van der Waals surface area contributed by atoms with Gasteiger partial charge in [0.05, 0.1) is 12.6 Å². The lowest BCUT2D eigenvalue weighted by Gasteiger charge is -2.17. The number of ether oxygens (including phenoxy) is 2. The topological polar surface area (TPSA) is 85.0 Å². The van der Waals surface area contributed by atoms with Crippen LogP contribution in [0.1, 0.15) is 36.5 Å². The van der Waals surface area contributed by atoms with E-state index in [-0.39, 0.29) is 18.8 Å². The van der Waals surface area contributed by atoms with Crippen molar-refractivity contribution in [2.75, 3.05) is 18.1 Å². The van der Waals surface area contributed by atoms with E-state index in [0.29, 0.717) is 12.4 Å². The molecule has 0 saturated carbocycles. The second kappa shape index (κ2) is 6.76. The first-order chi connectivity index (χ1) is 12.2. The number of anilines is 1. The molecule has 1 aliphatic heterocycles. The summed E-state index contributed by atoms with van der Waals surface area (Å²) in [6, 6.07) is 7.39. The molecule has 0 unspecified atom stereocenters. The standard InChI is InChI=1S/C18H20N2O5/c21-16-4-2-1-3-12-9-13(5-6-15(12)16)20-10-14(25-18(20)22)11-23-17-7-8-24-19-17/h5-9,14,16,21H,1-4,10-11H2/t14-,16-/m1/s1. The minimum atomic E-state index is -0.416. The van der Waals surface area contributed by atoms with Gasteiger partial charge in [0.15, 0.2) is 6.10 Å². The summed E-state index contributed by atoms with van der Waals surface area (Å²) in [5.41, 5.74) is 2.87. The number of carbonyl (C=O) groups excluding carboxylic acids is 1. The lowest BCUT2D eigenvalue weighted by atomic mass is 10.00. The first kappa shape index (κ1) is 16.0. The van der Waals surface area contributed by atoms with Gasteiger partial charge in [-0.1, -0.05) is 12.5 Å². The number of aliphatic hydroxyl groups excluding tert-OH is 1. The highest BCUT2D eigenvalue weighted by molar-refractivity contribution is 5.89. The van der Waals surface area contributed by atoms with E-state index in [1.165, 1.54) is 6.26 Å². The van der Waals surface area contributed by atoms with Gasteiger partial charge in [-0.05, 0) is 47.7 Å². The first-order valence-electron chi connectivity index (χ1n) is 8.53. The van der Waals surface area contributed by atoms with Crippen LogP contribution in [0.15, 0.2) is 35.1 Å². The van der Waals surface area contributed by atoms with Crippen molar-refractivity contribution >= 4 is 11.8 Å². The molecule has 1 amide bonds. The van der Waals surface area contributed by atoms with Gasteiger partial charge in [0, 0.05) is 11.8 Å². The number of carbonyl (C=O) groups is 1. The minimum absolute atomic E-state index is 0.221. The third-order valence-corrected chi connectivity index (χ3v) is 4.68. The molecule has 2 aliphatic rings. The molecular formula is C18H20N2O5. The van der Waals surface area contributed by atoms with Crippen LogP contribution in [0.2, 0.25) is 0 Å². The largest absolute Gasteiger partial charge is 0.471 e. The van der Waals surface area contributed by atoms with Crippen LogP contribution in [0, 0.1) is 0 Å². The molecule has 1 aromatic carbocycles. The Labute approximate surface area is 145 Å². The van der Waals surface area contributed by atoms with Crippen LogP contribution in [-0.2, 0) is 11.2 Å². The van der Waals surface area contributed by atoms with E-state index >= 15 is 0 Å². The van der Waals surface area contributed by atoms with Gasteiger partial charge >= 0.3 is 6.09 Å². The third kappa shape index (κ3) is 3.32. The van der Waals surface area contributed by atoms with E-state index in [9.17, 15) is 9.90 Å². The number of hydrogen-bond donors (Lipinski definition) is 1. The average Bonchev–Trinajstić information content (AvgIpc) is 3.22. The molecule has 7 heteroatoms. The van der Waals surface area contributed by atoms with E-state index < -0.39 is 6.10 Å². The maximum absolute atomic E-state index is 12.2. The number of hydrogen-bond acceptors (Lipinski definition) is 6. The highest BCUT2D eigenvalue weighted by Gasteiger charge is 2.33. The Kier molecular flexibility index (Phi) is 4.31. The minimum Gasteiger partial charge on any atom is -0.471 e. The molecule has 1 fully saturated rings. The van der Waals surface area contributed by atoms with Gasteiger partial charge in [-0.25, -0.2) is 4.79 Å². The Morgan fingerprint density at radius 1 is 1.32 bits per heavy atom. The van der Waals surface area contributed by atoms with E-state index in [2.05, 4.69) is 5.16 Å². The highest BCUT2D eigenvalue weighted by atomic mass is 16.6. The van der Waals surface area contributed by atoms with E-state index in [4.69, 9.17) is 14.0 Å². The number of cyclic esters (lactones) is 1. The zero-order valence-electron chi connectivity index (χ0n) is 13.8. The van der Waals surface area contributed by atoms with Crippen LogP contribution in [0.4, 0.5) is 10.5 Å². The maximum Gasteiger partial charge on any atom is 0.414 e. The van der Waals surface area contributed by atoms with Crippen LogP contribution in [0.25, 0.3) is 0 Å². The van der Waals surface area contributed by atoms with Crippen molar-refractivity contribution in [2.45, 2.75) is 37.9 Å². The average molecular weight is 344 g/mol. The highest BCUT2D eigenvalue weighted by Crippen LogP contribution is 2.32. The van der Waals surface area contributed by atoms with Crippen molar-refractivity contribution in [3.05, 3.63) is 41.7 Å². The molecule has 1 saturated heterocycles. The fraction of sp³-hybridized carbons (Fsp3) is 0.444. The van der Waals surface area contributed by atoms with Crippen molar-refractivity contribution in [1.29, 1.82) is 0 Å². The van der Waals surface area contributed by atoms with Crippen LogP contribution in [0.3, 0.4) is 0 Å². The van der Waals surface area contributed by atoms with Gasteiger partial charge in [0.25, 0.3) is 5.88 Å². The molecule has 1 N–H and O–H groups in total. The molecule has 2 heterocycles. The lowest BCUT2D eigenvalue weighted by molar-refractivity contribution is 0.102. The second-order valence-electron chi connectivity index (χ2n) is 6.41. The molecule has 4 rings (SSSR count). The molecule has 2 aromatic rings. The summed E-state index contributed by atoms with van der Waals surface area (Å²) in [4.78, 5) is 13.8. The summed E-state index contributed by atoms with van der Waals surface area (Å²) in [7, 11) is 0. The van der Waals surface area contributed by atoms with Crippen molar-refractivity contribution < 1.29 is 23.9 Å². The fourth-order valence-corrected chi connectivity index (χ4v) is 3.38. The number of nitrogens with zero attached hydrogens (tertiary/aromatic N) is 2. The fourth-order valence-electron chi connectivity index (χ4n) is 3.38. The van der Waals surface area contributed by atoms with Gasteiger partial charge in [-0.15, -0.1) is 0 Å². The Balaban J connectivity index is 1.46. The zero-order chi connectivity index (χ0) is 17.2. The van der Waals surface area contributed by atoms with Crippen molar-refractivity contribution in [2.24, 2.45) is 0 Å². The van der Waals surface area contributed by atoms with Crippen molar-refractivity contribution in [3.63, 3.8) is 0 Å². The Morgan fingerprint density at radius 2 is 2.24 bits per heavy atom. The second-order valence-corrected chi connectivity index (χ2v) is 6.41. The molecular weight excluding hydrogens is 324 g/mol. The van der Waals surface area contributed by atoms with Crippen molar-refractivity contribution in [3.8, 4) is 5.88 Å². The lowest BCUT2D eigenvalue weighted by Crippen LogP contribution is -2.26. The number of benzene rings is 1. The van der Waals surface area contributed by atoms with E-state index in [0.717, 1.165) is 42.5 Å². The van der Waals surface area contributed by atoms with Crippen LogP contribution in [0.5, 0.6) is 5.88 Å². The number of aromatic nitrogens is 1. The third-order valence-electron chi connectivity index (χ3n) is 4.68. The quantitative estimate of drug-likeness (QED) is 0.859. The van der Waals surface area contributed by atoms with Gasteiger partial charge < -0.3 is 19.1 Å². The number of amides is 1. The summed E-state index contributed by atoms with van der Waals surface area (Å²) in [5.74, 6) is 0.369. The van der Waals surface area contributed by atoms with E-state index in [1.54, 1.807) is 11.0 Å². The summed E-state index contributed by atoms with van der Waals surface area (Å²) in [6.07, 6.45) is 4.02. The van der Waals surface area contributed by atoms with Crippen molar-refractivity contribution in [1.82, 2.24) is 5.16 Å². The normalized spacial score (nSPS) is 23.1. The Morgan fingerprint density at radius 3 is 3.08 bits per heavy atom. The molecule has 0 spiro atoms. The molecule has 1 aromatic heterocycles. The molecule has 2 atom stereocenters. The Hall–Kier alpha value is -2.54. The van der Waals surface area contributed by atoms with Gasteiger partial charge in [0.1, 0.15) is 12.9 Å². The molecule has 0 bridgehead atoms. The Bertz CT molecular complexity index is 746. The number of rotatable bonds is 4. The predicted molar refractivity (Wildman–Crippen MR) is 88.6 cm³/mol. The smallest absolute Gasteiger partial charge is 0.414 e. The summed E-state index contributed by atoms with van der Waals surface area (Å²) in [5, 5.41) is 13.9. The molecule has 132 valence electrons. The summed E-state index contributed by atoms with van der Waals surface area (Å²) < 4.78 is 15.5. The maximum atomic E-state index is 12.2. The molecule has 0 radical (unpaired) electrons. The zero-order valence-corrected chi connectivity index (χ0v) is 13.8. The number of aliphatic hydroxyl groups is 1. The van der Waals surface area contributed by atoms with Gasteiger partial charge in [0.2, 0.25) is 0 Å². The SMILES string of the molecule is O=C1O[C@@H](COc2ccon2)CN1c1ccc2c(c1)CCCC[C@H]2O. The summed E-state index contributed by atoms with van der Waals surface area (Å²) in [6.45, 7) is 0.635. The monoisotopic (exact) mass is 344 g/mol. The number of aryl methyl sites for hydroxylation is 1. The van der Waals surface area contributed by atoms with Crippen LogP contribution in [-0.4, -0.2) is 35.6 Å². The van der Waals surface area contributed by atoms with E-state index in [1.807, 2.05) is 18.2 Å². The molecule has 25 heavy (non-hydrogen) atoms. The number of fused-ring (bicyclic) bond motifs is 1.